The summed E-state index contributed by atoms with van der Waals surface area (Å²) in [6, 6.07) is 5.95. The van der Waals surface area contributed by atoms with Crippen LogP contribution in [0, 0.1) is 0 Å². The molecule has 17 heavy (non-hydrogen) atoms. The molecule has 1 N–H and O–H groups in total. The van der Waals surface area contributed by atoms with Gasteiger partial charge in [0.25, 0.3) is 0 Å². The van der Waals surface area contributed by atoms with Gasteiger partial charge in [0.2, 0.25) is 0 Å². The van der Waals surface area contributed by atoms with Crippen LogP contribution in [0.2, 0.25) is 0 Å². The van der Waals surface area contributed by atoms with E-state index < -0.39 is 5.97 Å². The summed E-state index contributed by atoms with van der Waals surface area (Å²) >= 11 is 0. The van der Waals surface area contributed by atoms with E-state index in [1.165, 1.54) is 5.56 Å². The van der Waals surface area contributed by atoms with Crippen molar-refractivity contribution in [1.82, 2.24) is 0 Å². The van der Waals surface area contributed by atoms with Gasteiger partial charge in [0.05, 0.1) is 13.5 Å². The number of ether oxygens (including phenoxy) is 1. The number of hydrogen-bond acceptors (Lipinski definition) is 2. The Morgan fingerprint density at radius 2 is 2.24 bits per heavy atom. The fraction of sp³-hybridized carbons (Fsp3) is 0.500. The van der Waals surface area contributed by atoms with Crippen molar-refractivity contribution in [3.05, 3.63) is 29.3 Å². The number of fused-ring (bicyclic) bond motifs is 1. The molecule has 1 aromatic rings. The Morgan fingerprint density at radius 1 is 1.47 bits per heavy atom. The van der Waals surface area contributed by atoms with Gasteiger partial charge in [-0.05, 0) is 36.3 Å². The summed E-state index contributed by atoms with van der Waals surface area (Å²) in [5.41, 5.74) is 2.36. The van der Waals surface area contributed by atoms with E-state index in [1.807, 2.05) is 18.2 Å². The number of hydrogen-bond donors (Lipinski definition) is 1. The molecule has 1 aliphatic carbocycles. The van der Waals surface area contributed by atoms with E-state index in [4.69, 9.17) is 9.84 Å². The van der Waals surface area contributed by atoms with Crippen LogP contribution in [-0.2, 0) is 4.79 Å². The van der Waals surface area contributed by atoms with Gasteiger partial charge < -0.3 is 9.84 Å². The number of methoxy groups -OCH3 is 1. The quantitative estimate of drug-likeness (QED) is 0.873. The predicted molar refractivity (Wildman–Crippen MR) is 65.6 cm³/mol. The fourth-order valence-corrected chi connectivity index (χ4v) is 2.80. The topological polar surface area (TPSA) is 46.5 Å². The SMILES string of the molecule is COc1cccc2c1C(C)CCC2CC(=O)O. The standard InChI is InChI=1S/C14H18O3/c1-9-6-7-10(8-13(15)16)11-4-3-5-12(17-2)14(9)11/h3-5,9-10H,6-8H2,1-2H3,(H,15,16). The van der Waals surface area contributed by atoms with E-state index >= 15 is 0 Å². The van der Waals surface area contributed by atoms with Crippen molar-refractivity contribution in [3.8, 4) is 5.75 Å². The summed E-state index contributed by atoms with van der Waals surface area (Å²) in [6.07, 6.45) is 2.20. The van der Waals surface area contributed by atoms with E-state index in [1.54, 1.807) is 7.11 Å². The zero-order chi connectivity index (χ0) is 12.4. The predicted octanol–water partition coefficient (Wildman–Crippen LogP) is 3.15. The molecule has 3 heteroatoms. The molecule has 92 valence electrons. The molecule has 2 unspecified atom stereocenters. The lowest BCUT2D eigenvalue weighted by Crippen LogP contribution is -2.16. The molecule has 0 saturated heterocycles. The number of rotatable bonds is 3. The molecule has 0 heterocycles. The second kappa shape index (κ2) is 4.78. The minimum atomic E-state index is -0.724. The zero-order valence-electron chi connectivity index (χ0n) is 10.3. The van der Waals surface area contributed by atoms with Gasteiger partial charge in [-0.3, -0.25) is 4.79 Å². The average molecular weight is 234 g/mol. The van der Waals surface area contributed by atoms with Crippen LogP contribution < -0.4 is 4.74 Å². The minimum absolute atomic E-state index is 0.133. The van der Waals surface area contributed by atoms with Crippen LogP contribution in [0.3, 0.4) is 0 Å². The molecule has 2 rings (SSSR count). The lowest BCUT2D eigenvalue weighted by Gasteiger charge is -2.30. The van der Waals surface area contributed by atoms with Gasteiger partial charge in [0.15, 0.2) is 0 Å². The Balaban J connectivity index is 2.42. The summed E-state index contributed by atoms with van der Waals surface area (Å²) < 4.78 is 5.39. The zero-order valence-corrected chi connectivity index (χ0v) is 10.3. The van der Waals surface area contributed by atoms with Gasteiger partial charge in [0, 0.05) is 5.56 Å². The van der Waals surface area contributed by atoms with E-state index in [0.29, 0.717) is 5.92 Å². The van der Waals surface area contributed by atoms with Crippen LogP contribution in [0.15, 0.2) is 18.2 Å². The number of benzene rings is 1. The van der Waals surface area contributed by atoms with E-state index in [-0.39, 0.29) is 12.3 Å². The van der Waals surface area contributed by atoms with Gasteiger partial charge in [0.1, 0.15) is 5.75 Å². The highest BCUT2D eigenvalue weighted by molar-refractivity contribution is 5.68. The van der Waals surface area contributed by atoms with Crippen molar-refractivity contribution >= 4 is 5.97 Å². The molecular weight excluding hydrogens is 216 g/mol. The highest BCUT2D eigenvalue weighted by Crippen LogP contribution is 2.44. The molecule has 0 bridgehead atoms. The van der Waals surface area contributed by atoms with Gasteiger partial charge >= 0.3 is 5.97 Å². The Morgan fingerprint density at radius 3 is 2.88 bits per heavy atom. The molecule has 0 saturated carbocycles. The van der Waals surface area contributed by atoms with Gasteiger partial charge in [-0.15, -0.1) is 0 Å². The van der Waals surface area contributed by atoms with Crippen molar-refractivity contribution in [3.63, 3.8) is 0 Å². The monoisotopic (exact) mass is 234 g/mol. The lowest BCUT2D eigenvalue weighted by atomic mass is 9.76. The first kappa shape index (κ1) is 12.0. The molecule has 0 aromatic heterocycles. The number of carboxylic acid groups (broad SMARTS) is 1. The molecule has 1 aromatic carbocycles. The van der Waals surface area contributed by atoms with Gasteiger partial charge in [-0.1, -0.05) is 19.1 Å². The smallest absolute Gasteiger partial charge is 0.303 e. The molecule has 1 aliphatic rings. The number of aliphatic carboxylic acids is 1. The third kappa shape index (κ3) is 2.28. The van der Waals surface area contributed by atoms with Crippen molar-refractivity contribution in [1.29, 1.82) is 0 Å². The summed E-state index contributed by atoms with van der Waals surface area (Å²) in [5, 5.41) is 8.95. The molecule has 0 amide bonds. The summed E-state index contributed by atoms with van der Waals surface area (Å²) in [6.45, 7) is 2.18. The van der Waals surface area contributed by atoms with Crippen molar-refractivity contribution in [2.24, 2.45) is 0 Å². The molecular formula is C14H18O3. The number of carbonyl (C=O) groups is 1. The first-order valence-electron chi connectivity index (χ1n) is 6.02. The average Bonchev–Trinajstić information content (AvgIpc) is 2.31. The molecule has 0 fully saturated rings. The first-order chi connectivity index (χ1) is 8.13. The van der Waals surface area contributed by atoms with E-state index in [9.17, 15) is 4.79 Å². The van der Waals surface area contributed by atoms with Crippen LogP contribution in [0.5, 0.6) is 5.75 Å². The first-order valence-corrected chi connectivity index (χ1v) is 6.02. The van der Waals surface area contributed by atoms with Crippen LogP contribution in [0.1, 0.15) is 49.1 Å². The summed E-state index contributed by atoms with van der Waals surface area (Å²) in [5.74, 6) is 0.753. The van der Waals surface area contributed by atoms with Gasteiger partial charge in [-0.25, -0.2) is 0 Å². The van der Waals surface area contributed by atoms with Crippen molar-refractivity contribution in [2.75, 3.05) is 7.11 Å². The Kier molecular flexibility index (Phi) is 3.36. The summed E-state index contributed by atoms with van der Waals surface area (Å²) in [7, 11) is 1.67. The minimum Gasteiger partial charge on any atom is -0.496 e. The maximum absolute atomic E-state index is 10.9. The van der Waals surface area contributed by atoms with Crippen LogP contribution in [0.4, 0.5) is 0 Å². The largest absolute Gasteiger partial charge is 0.496 e. The molecule has 0 radical (unpaired) electrons. The molecule has 0 spiro atoms. The number of carboxylic acids is 1. The third-order valence-corrected chi connectivity index (χ3v) is 3.62. The van der Waals surface area contributed by atoms with Crippen molar-refractivity contribution in [2.45, 2.75) is 38.0 Å². The maximum Gasteiger partial charge on any atom is 0.303 e. The normalized spacial score (nSPS) is 22.9. The molecule has 0 aliphatic heterocycles. The van der Waals surface area contributed by atoms with Crippen LogP contribution in [-0.4, -0.2) is 18.2 Å². The third-order valence-electron chi connectivity index (χ3n) is 3.62. The molecule has 3 nitrogen and oxygen atoms in total. The fourth-order valence-electron chi connectivity index (χ4n) is 2.80. The Bertz CT molecular complexity index is 425. The van der Waals surface area contributed by atoms with Crippen LogP contribution >= 0.6 is 0 Å². The second-order valence-corrected chi connectivity index (χ2v) is 4.74. The maximum atomic E-state index is 10.9. The van der Waals surface area contributed by atoms with Crippen molar-refractivity contribution < 1.29 is 14.6 Å². The summed E-state index contributed by atoms with van der Waals surface area (Å²) in [4.78, 5) is 10.9. The highest BCUT2D eigenvalue weighted by Gasteiger charge is 2.28. The van der Waals surface area contributed by atoms with E-state index in [0.717, 1.165) is 24.2 Å². The molecule has 2 atom stereocenters. The second-order valence-electron chi connectivity index (χ2n) is 4.74. The van der Waals surface area contributed by atoms with Gasteiger partial charge in [-0.2, -0.15) is 0 Å². The Labute approximate surface area is 101 Å². The highest BCUT2D eigenvalue weighted by atomic mass is 16.5. The Hall–Kier alpha value is -1.51. The van der Waals surface area contributed by atoms with E-state index in [2.05, 4.69) is 6.92 Å². The van der Waals surface area contributed by atoms with Crippen LogP contribution in [0.25, 0.3) is 0 Å². The lowest BCUT2D eigenvalue weighted by molar-refractivity contribution is -0.137.